The van der Waals surface area contributed by atoms with Crippen molar-refractivity contribution in [2.24, 2.45) is 5.73 Å². The summed E-state index contributed by atoms with van der Waals surface area (Å²) in [5.74, 6) is -5.99. The molecule has 0 bridgehead atoms. The zero-order valence-electron chi connectivity index (χ0n) is 33.7. The van der Waals surface area contributed by atoms with E-state index in [-0.39, 0.29) is 68.4 Å². The van der Waals surface area contributed by atoms with Gasteiger partial charge < -0.3 is 41.2 Å². The number of methoxy groups -OCH3 is 3. The Morgan fingerprint density at radius 1 is 0.729 bits per heavy atom. The van der Waals surface area contributed by atoms with Gasteiger partial charge in [0.25, 0.3) is 11.8 Å². The number of hydrogen-bond donors (Lipinski definition) is 6. The van der Waals surface area contributed by atoms with E-state index in [1.807, 2.05) is 0 Å². The minimum absolute atomic E-state index is 0.0321. The molecule has 324 valence electrons. The molecule has 0 spiro atoms. The van der Waals surface area contributed by atoms with Gasteiger partial charge >= 0.3 is 17.9 Å². The van der Waals surface area contributed by atoms with Gasteiger partial charge in [-0.1, -0.05) is 31.7 Å². The molecule has 20 heteroatoms. The highest BCUT2D eigenvalue weighted by atomic mass is 16.5. The van der Waals surface area contributed by atoms with Crippen molar-refractivity contribution in [1.29, 1.82) is 0 Å². The summed E-state index contributed by atoms with van der Waals surface area (Å²) in [6, 6.07) is 0.568. The van der Waals surface area contributed by atoms with Gasteiger partial charge in [-0.2, -0.15) is 0 Å². The summed E-state index contributed by atoms with van der Waals surface area (Å²) in [5, 5.41) is 13.2. The molecule has 0 saturated carbocycles. The number of unbranched alkanes of at least 4 members (excludes halogenated alkanes) is 5. The highest BCUT2D eigenvalue weighted by Crippen LogP contribution is 2.32. The van der Waals surface area contributed by atoms with E-state index in [1.165, 1.54) is 0 Å². The molecule has 2 aliphatic heterocycles. The molecular weight excluding hydrogens is 774 g/mol. The van der Waals surface area contributed by atoms with Crippen LogP contribution in [0.1, 0.15) is 111 Å². The topological polar surface area (TPSA) is 288 Å². The molecule has 7 amide bonds. The molecule has 7 N–H and O–H groups in total. The Balaban J connectivity index is 1.30. The molecule has 1 fully saturated rings. The van der Waals surface area contributed by atoms with Crippen LogP contribution in [0, 0.1) is 0 Å². The van der Waals surface area contributed by atoms with Crippen molar-refractivity contribution in [2.75, 3.05) is 39.7 Å². The number of fused-ring (bicyclic) bond motifs is 1. The molecule has 3 rings (SSSR count). The molecule has 4 atom stereocenters. The first-order valence-electron chi connectivity index (χ1n) is 19.6. The van der Waals surface area contributed by atoms with E-state index in [0.717, 1.165) is 64.8 Å². The number of amides is 7. The Hall–Kier alpha value is -5.92. The number of nitrogens with one attached hydrogen (secondary N) is 5. The second-order valence-corrected chi connectivity index (χ2v) is 14.1. The Bertz CT molecular complexity index is 1740. The van der Waals surface area contributed by atoms with Gasteiger partial charge in [0, 0.05) is 44.5 Å². The number of hydrogen-bond acceptors (Lipinski definition) is 15. The lowest BCUT2D eigenvalue weighted by Crippen LogP contribution is -2.54. The van der Waals surface area contributed by atoms with Crippen LogP contribution in [0.5, 0.6) is 0 Å². The first-order chi connectivity index (χ1) is 28.2. The number of anilines is 1. The molecule has 2 heterocycles. The summed E-state index contributed by atoms with van der Waals surface area (Å²) in [6.07, 6.45) is 4.52. The van der Waals surface area contributed by atoms with E-state index < -0.39 is 77.5 Å². The van der Waals surface area contributed by atoms with Crippen molar-refractivity contribution in [3.63, 3.8) is 0 Å². The maximum Gasteiger partial charge on any atom is 0.328 e. The average molecular weight is 830 g/mol. The lowest BCUT2D eigenvalue weighted by molar-refractivity contribution is -0.147. The molecule has 2 aliphatic rings. The SMILES string of the molecule is COC(=O)[C@H](CCC(=O)NCCCCCCCCNc1cccc2c1C(=O)N(C1CCC(=O)NC1=O)C2=O)NC(=O)CC[C@H](NC(=O)CC[C@H](N)C(=O)OC)C(=O)OC. The molecule has 0 aliphatic carbocycles. The first-order valence-corrected chi connectivity index (χ1v) is 19.6. The van der Waals surface area contributed by atoms with Crippen molar-refractivity contribution in [2.45, 2.75) is 114 Å². The van der Waals surface area contributed by atoms with E-state index >= 15 is 0 Å². The van der Waals surface area contributed by atoms with Gasteiger partial charge in [0.05, 0.1) is 32.5 Å². The van der Waals surface area contributed by atoms with E-state index in [0.29, 0.717) is 18.8 Å². The summed E-state index contributed by atoms with van der Waals surface area (Å²) >= 11 is 0. The van der Waals surface area contributed by atoms with Gasteiger partial charge in [0.1, 0.15) is 24.2 Å². The number of ether oxygens (including phenoxy) is 3. The number of nitrogens with two attached hydrogens (primary N) is 1. The van der Waals surface area contributed by atoms with Gasteiger partial charge in [-0.25, -0.2) is 9.59 Å². The van der Waals surface area contributed by atoms with Crippen LogP contribution in [-0.4, -0.2) is 123 Å². The molecule has 1 aromatic carbocycles. The standard InChI is InChI=1S/C39H55N7O13/c1-57-37(54)24(40)13-17-30(48)43-27(39(56)59-3)15-19-31(49)44-26(38(55)58-2)14-18-29(47)42-22-9-7-5-4-6-8-21-41-25-12-10-11-23-33(25)36(53)46(35(23)52)28-16-20-32(50)45-34(28)51/h10-12,24,26-28,41H,4-9,13-22,40H2,1-3H3,(H,42,47)(H,43,48)(H,44,49)(H,45,50,51)/t24-,26-,27-,28?/m0/s1. The normalized spacial score (nSPS) is 16.2. The average Bonchev–Trinajstić information content (AvgIpc) is 3.48. The quantitative estimate of drug-likeness (QED) is 0.0330. The van der Waals surface area contributed by atoms with Crippen LogP contribution in [0.3, 0.4) is 0 Å². The van der Waals surface area contributed by atoms with E-state index in [9.17, 15) is 47.9 Å². The second-order valence-electron chi connectivity index (χ2n) is 14.1. The van der Waals surface area contributed by atoms with Crippen molar-refractivity contribution in [3.8, 4) is 0 Å². The van der Waals surface area contributed by atoms with Crippen LogP contribution >= 0.6 is 0 Å². The van der Waals surface area contributed by atoms with Crippen molar-refractivity contribution in [1.82, 2.24) is 26.2 Å². The van der Waals surface area contributed by atoms with Gasteiger partial charge in [-0.15, -0.1) is 0 Å². The maximum absolute atomic E-state index is 13.2. The van der Waals surface area contributed by atoms with Gasteiger partial charge in [-0.3, -0.25) is 48.6 Å². The van der Waals surface area contributed by atoms with Crippen LogP contribution in [-0.2, 0) is 52.6 Å². The summed E-state index contributed by atoms with van der Waals surface area (Å²) in [6.45, 7) is 0.981. The van der Waals surface area contributed by atoms with Gasteiger partial charge in [0.2, 0.25) is 29.5 Å². The summed E-state index contributed by atoms with van der Waals surface area (Å²) in [7, 11) is 3.43. The molecular formula is C39H55N7O13. The number of piperidine rings is 1. The molecule has 1 aromatic rings. The van der Waals surface area contributed by atoms with Gasteiger partial charge in [-0.05, 0) is 50.7 Å². The van der Waals surface area contributed by atoms with E-state index in [4.69, 9.17) is 15.2 Å². The predicted molar refractivity (Wildman–Crippen MR) is 208 cm³/mol. The molecule has 1 saturated heterocycles. The molecule has 59 heavy (non-hydrogen) atoms. The molecule has 0 radical (unpaired) electrons. The van der Waals surface area contributed by atoms with Crippen LogP contribution < -0.4 is 32.3 Å². The Labute approximate surface area is 341 Å². The monoisotopic (exact) mass is 829 g/mol. The van der Waals surface area contributed by atoms with Crippen LogP contribution in [0.2, 0.25) is 0 Å². The van der Waals surface area contributed by atoms with Crippen molar-refractivity contribution in [3.05, 3.63) is 29.3 Å². The minimum atomic E-state index is -1.18. The summed E-state index contributed by atoms with van der Waals surface area (Å²) in [5.41, 5.74) is 6.58. The fourth-order valence-corrected chi connectivity index (χ4v) is 6.58. The van der Waals surface area contributed by atoms with Crippen LogP contribution in [0.15, 0.2) is 18.2 Å². The first kappa shape index (κ1) is 47.5. The number of esters is 3. The molecule has 1 unspecified atom stereocenters. The number of imide groups is 2. The molecule has 0 aromatic heterocycles. The fourth-order valence-electron chi connectivity index (χ4n) is 6.58. The van der Waals surface area contributed by atoms with E-state index in [2.05, 4.69) is 31.3 Å². The lowest BCUT2D eigenvalue weighted by Gasteiger charge is -2.27. The van der Waals surface area contributed by atoms with Crippen LogP contribution in [0.25, 0.3) is 0 Å². The predicted octanol–water partition coefficient (Wildman–Crippen LogP) is 0.113. The number of nitrogens with zero attached hydrogens (tertiary/aromatic N) is 1. The Morgan fingerprint density at radius 2 is 1.27 bits per heavy atom. The maximum atomic E-state index is 13.2. The highest BCUT2D eigenvalue weighted by molar-refractivity contribution is 6.25. The van der Waals surface area contributed by atoms with Crippen LogP contribution in [0.4, 0.5) is 5.69 Å². The molecule has 20 nitrogen and oxygen atoms in total. The number of carbonyl (C=O) groups excluding carboxylic acids is 10. The number of rotatable bonds is 25. The van der Waals surface area contributed by atoms with Gasteiger partial charge in [0.15, 0.2) is 0 Å². The third-order valence-electron chi connectivity index (χ3n) is 9.86. The smallest absolute Gasteiger partial charge is 0.328 e. The third-order valence-corrected chi connectivity index (χ3v) is 9.86. The fraction of sp³-hybridized carbons (Fsp3) is 0.590. The van der Waals surface area contributed by atoms with Crippen molar-refractivity contribution < 1.29 is 62.2 Å². The summed E-state index contributed by atoms with van der Waals surface area (Å²) < 4.78 is 14.0. The summed E-state index contributed by atoms with van der Waals surface area (Å²) in [4.78, 5) is 125. The number of benzene rings is 1. The Morgan fingerprint density at radius 3 is 1.85 bits per heavy atom. The lowest BCUT2D eigenvalue weighted by atomic mass is 10.0. The zero-order valence-corrected chi connectivity index (χ0v) is 33.7. The van der Waals surface area contributed by atoms with E-state index in [1.54, 1.807) is 18.2 Å². The highest BCUT2D eigenvalue weighted by Gasteiger charge is 2.45. The largest absolute Gasteiger partial charge is 0.468 e. The van der Waals surface area contributed by atoms with Crippen molar-refractivity contribution >= 4 is 64.9 Å². The third kappa shape index (κ3) is 14.4. The zero-order chi connectivity index (χ0) is 43.5. The second kappa shape index (κ2) is 24.1. The Kier molecular flexibility index (Phi) is 19.4. The number of carbonyl (C=O) groups is 10. The minimum Gasteiger partial charge on any atom is -0.468 e.